The number of benzene rings is 13. The zero-order chi connectivity index (χ0) is 53.5. The zero-order valence-electron chi connectivity index (χ0n) is 44.2. The molecule has 0 radical (unpaired) electrons. The highest BCUT2D eigenvalue weighted by Gasteiger charge is 2.19. The molecule has 0 fully saturated rings. The minimum absolute atomic E-state index is 1.09. The van der Waals surface area contributed by atoms with Gasteiger partial charge >= 0.3 is 0 Å². The van der Waals surface area contributed by atoms with E-state index in [1.165, 1.54) is 65.3 Å². The highest BCUT2D eigenvalue weighted by molar-refractivity contribution is 6.13. The van der Waals surface area contributed by atoms with E-state index in [-0.39, 0.29) is 0 Å². The molecule has 0 aliphatic heterocycles. The third kappa shape index (κ3) is 10.9. The van der Waals surface area contributed by atoms with Crippen molar-refractivity contribution in [2.24, 2.45) is 0 Å². The summed E-state index contributed by atoms with van der Waals surface area (Å²) in [6, 6.07) is 105. The second-order valence-electron chi connectivity index (χ2n) is 20.3. The molecule has 0 N–H and O–H groups in total. The fraction of sp³-hybridized carbons (Fsp3) is 0. The molecule has 0 saturated heterocycles. The highest BCUT2D eigenvalue weighted by Crippen LogP contribution is 2.44. The Morgan fingerprint density at radius 1 is 0.175 bits per heavy atom. The van der Waals surface area contributed by atoms with E-state index in [1.54, 1.807) is 0 Å². The van der Waals surface area contributed by atoms with Gasteiger partial charge in [0.1, 0.15) is 0 Å². The predicted octanol–water partition coefficient (Wildman–Crippen LogP) is 21.9. The Bertz CT molecular complexity index is 3910. The summed E-state index contributed by atoms with van der Waals surface area (Å²) in [7, 11) is 0. The van der Waals surface area contributed by atoms with Crippen LogP contribution < -0.4 is 9.80 Å². The molecule has 13 aromatic rings. The summed E-state index contributed by atoms with van der Waals surface area (Å²) in [5, 5.41) is 9.52. The molecule has 0 atom stereocenters. The Morgan fingerprint density at radius 2 is 0.400 bits per heavy atom. The fourth-order valence-electron chi connectivity index (χ4n) is 10.7. The van der Waals surface area contributed by atoms with Gasteiger partial charge in [-0.2, -0.15) is 0 Å². The van der Waals surface area contributed by atoms with E-state index in [0.29, 0.717) is 0 Å². The van der Waals surface area contributed by atoms with Crippen molar-refractivity contribution in [1.82, 2.24) is 0 Å². The van der Waals surface area contributed by atoms with Gasteiger partial charge in [-0.05, 0) is 174 Å². The van der Waals surface area contributed by atoms with Crippen molar-refractivity contribution in [3.63, 3.8) is 0 Å². The van der Waals surface area contributed by atoms with Crippen molar-refractivity contribution in [2.75, 3.05) is 9.80 Å². The number of hydrogen-bond acceptors (Lipinski definition) is 2. The molecule has 378 valence electrons. The topological polar surface area (TPSA) is 6.48 Å². The van der Waals surface area contributed by atoms with Crippen LogP contribution in [0.1, 0.15) is 44.5 Å². The monoisotopic (exact) mass is 1020 g/mol. The lowest BCUT2D eigenvalue weighted by Gasteiger charge is -2.27. The second-order valence-corrected chi connectivity index (χ2v) is 20.3. The van der Waals surface area contributed by atoms with Gasteiger partial charge in [0.2, 0.25) is 0 Å². The largest absolute Gasteiger partial charge is 0.310 e. The Hall–Kier alpha value is -10.5. The molecule has 0 aliphatic carbocycles. The maximum Gasteiger partial charge on any atom is 0.0540 e. The molecule has 0 unspecified atom stereocenters. The van der Waals surface area contributed by atoms with Crippen molar-refractivity contribution >= 4 is 126 Å². The van der Waals surface area contributed by atoms with Crippen LogP contribution in [0.2, 0.25) is 0 Å². The number of rotatable bonds is 14. The standard InChI is InChI=1S/C78H56N2/c1-5-15-57(16-6-1)27-31-61-35-43-71(44-36-61)79(72-45-37-62(38-46-72)32-28-58-17-7-2-8-18-58)77-25-13-23-65-51-67-54-70-56-76-66(52-68(70)53-69(67)55-75(65)77)24-14-26-78(76)80(73-47-39-63(40-48-73)33-29-59-19-9-3-10-20-59)74-49-41-64(42-50-74)34-30-60-21-11-4-12-22-60/h1-56H/b31-27+,32-28+,33-29+,34-30+. The van der Waals surface area contributed by atoms with Crippen LogP contribution in [0.4, 0.5) is 34.1 Å². The summed E-state index contributed by atoms with van der Waals surface area (Å²) in [4.78, 5) is 4.80. The summed E-state index contributed by atoms with van der Waals surface area (Å²) < 4.78 is 0. The SMILES string of the molecule is C(=C\c1ccc(N(c2ccc(/C=C/c3ccccc3)cc2)c2cccc3cc4cc5cc6c(N(c7ccc(/C=C/c8ccccc8)cc7)c7ccc(/C=C/c8ccccc8)cc7)cccc6cc5cc4cc23)cc1)/c1ccccc1. The summed E-state index contributed by atoms with van der Waals surface area (Å²) in [5.74, 6) is 0. The first-order valence-corrected chi connectivity index (χ1v) is 27.4. The fourth-order valence-corrected chi connectivity index (χ4v) is 10.7. The van der Waals surface area contributed by atoms with Gasteiger partial charge in [0.25, 0.3) is 0 Å². The van der Waals surface area contributed by atoms with E-state index < -0.39 is 0 Å². The van der Waals surface area contributed by atoms with E-state index in [0.717, 1.165) is 56.4 Å². The van der Waals surface area contributed by atoms with E-state index >= 15 is 0 Å². The van der Waals surface area contributed by atoms with Crippen LogP contribution in [0.3, 0.4) is 0 Å². The second kappa shape index (κ2) is 22.6. The summed E-state index contributed by atoms with van der Waals surface area (Å²) >= 11 is 0. The van der Waals surface area contributed by atoms with Gasteiger partial charge in [0, 0.05) is 33.5 Å². The summed E-state index contributed by atoms with van der Waals surface area (Å²) in [6.07, 6.45) is 17.4. The average molecular weight is 1020 g/mol. The summed E-state index contributed by atoms with van der Waals surface area (Å²) in [5.41, 5.74) is 15.9. The molecule has 0 aromatic heterocycles. The molecule has 13 aromatic carbocycles. The zero-order valence-corrected chi connectivity index (χ0v) is 44.2. The first-order chi connectivity index (χ1) is 39.6. The van der Waals surface area contributed by atoms with Crippen molar-refractivity contribution in [3.8, 4) is 0 Å². The molecule has 0 saturated carbocycles. The van der Waals surface area contributed by atoms with Crippen molar-refractivity contribution < 1.29 is 0 Å². The van der Waals surface area contributed by atoms with E-state index in [2.05, 4.69) is 350 Å². The minimum Gasteiger partial charge on any atom is -0.310 e. The van der Waals surface area contributed by atoms with Gasteiger partial charge in [-0.25, -0.2) is 0 Å². The smallest absolute Gasteiger partial charge is 0.0540 e. The van der Waals surface area contributed by atoms with Gasteiger partial charge in [-0.15, -0.1) is 0 Å². The molecular weight excluding hydrogens is 965 g/mol. The van der Waals surface area contributed by atoms with Crippen molar-refractivity contribution in [2.45, 2.75) is 0 Å². The molecule has 2 heteroatoms. The third-order valence-electron chi connectivity index (χ3n) is 14.9. The molecule has 0 spiro atoms. The first-order valence-electron chi connectivity index (χ1n) is 27.4. The lowest BCUT2D eigenvalue weighted by Crippen LogP contribution is -2.10. The normalized spacial score (nSPS) is 11.8. The van der Waals surface area contributed by atoms with Gasteiger partial charge < -0.3 is 9.80 Å². The van der Waals surface area contributed by atoms with Crippen LogP contribution in [0.15, 0.2) is 291 Å². The van der Waals surface area contributed by atoms with Crippen LogP contribution in [0.5, 0.6) is 0 Å². The number of nitrogens with zero attached hydrogens (tertiary/aromatic N) is 2. The quantitative estimate of drug-likeness (QED) is 0.0791. The van der Waals surface area contributed by atoms with Crippen LogP contribution in [-0.4, -0.2) is 0 Å². The molecule has 80 heavy (non-hydrogen) atoms. The molecule has 13 rings (SSSR count). The molecule has 0 heterocycles. The maximum atomic E-state index is 2.40. The molecule has 2 nitrogen and oxygen atoms in total. The van der Waals surface area contributed by atoms with Gasteiger partial charge in [-0.3, -0.25) is 0 Å². The summed E-state index contributed by atoms with van der Waals surface area (Å²) in [6.45, 7) is 0. The number of anilines is 6. The van der Waals surface area contributed by atoms with Crippen LogP contribution in [0, 0.1) is 0 Å². The van der Waals surface area contributed by atoms with Crippen molar-refractivity contribution in [3.05, 3.63) is 336 Å². The lowest BCUT2D eigenvalue weighted by atomic mass is 9.96. The lowest BCUT2D eigenvalue weighted by molar-refractivity contribution is 1.29. The number of fused-ring (bicyclic) bond motifs is 4. The number of hydrogen-bond donors (Lipinski definition) is 0. The van der Waals surface area contributed by atoms with Crippen molar-refractivity contribution in [1.29, 1.82) is 0 Å². The molecule has 0 amide bonds. The van der Waals surface area contributed by atoms with E-state index in [9.17, 15) is 0 Å². The Morgan fingerprint density at radius 3 is 0.662 bits per heavy atom. The molecular formula is C78H56N2. The Labute approximate surface area is 468 Å². The van der Waals surface area contributed by atoms with E-state index in [4.69, 9.17) is 0 Å². The van der Waals surface area contributed by atoms with Crippen LogP contribution in [0.25, 0.3) is 91.7 Å². The maximum absolute atomic E-state index is 2.40. The third-order valence-corrected chi connectivity index (χ3v) is 14.9. The van der Waals surface area contributed by atoms with Gasteiger partial charge in [0.05, 0.1) is 11.4 Å². The molecule has 0 bridgehead atoms. The van der Waals surface area contributed by atoms with Crippen LogP contribution in [-0.2, 0) is 0 Å². The van der Waals surface area contributed by atoms with Crippen LogP contribution >= 0.6 is 0 Å². The van der Waals surface area contributed by atoms with E-state index in [1.807, 2.05) is 0 Å². The predicted molar refractivity (Wildman–Crippen MR) is 347 cm³/mol. The highest BCUT2D eigenvalue weighted by atomic mass is 15.1. The Balaban J connectivity index is 0.882. The average Bonchev–Trinajstić information content (AvgIpc) is 3.69. The van der Waals surface area contributed by atoms with Gasteiger partial charge in [0.15, 0.2) is 0 Å². The Kier molecular flexibility index (Phi) is 13.8. The minimum atomic E-state index is 1.09. The first kappa shape index (κ1) is 49.1. The van der Waals surface area contributed by atoms with Gasteiger partial charge in [-0.1, -0.05) is 243 Å². The molecule has 0 aliphatic rings.